The summed E-state index contributed by atoms with van der Waals surface area (Å²) in [4.78, 5) is 11.8. The summed E-state index contributed by atoms with van der Waals surface area (Å²) >= 11 is 0. The highest BCUT2D eigenvalue weighted by Gasteiger charge is 2.03. The van der Waals surface area contributed by atoms with Crippen LogP contribution in [0.2, 0.25) is 0 Å². The van der Waals surface area contributed by atoms with Crippen LogP contribution in [0.15, 0.2) is 48.5 Å². The number of carbonyl (C=O) groups is 1. The number of amides is 2. The van der Waals surface area contributed by atoms with E-state index in [1.54, 1.807) is 24.3 Å². The van der Waals surface area contributed by atoms with Crippen molar-refractivity contribution in [1.29, 1.82) is 0 Å². The first-order valence-corrected chi connectivity index (χ1v) is 6.69. The molecule has 0 heterocycles. The lowest BCUT2D eigenvalue weighted by molar-refractivity contribution is 0.251. The molecule has 21 heavy (non-hydrogen) atoms. The number of nitrogens with two attached hydrogens (primary N) is 1. The van der Waals surface area contributed by atoms with Gasteiger partial charge in [-0.1, -0.05) is 24.3 Å². The highest BCUT2D eigenvalue weighted by molar-refractivity contribution is 5.89. The molecule has 0 spiro atoms. The zero-order valence-electron chi connectivity index (χ0n) is 11.8. The molecule has 0 aliphatic heterocycles. The fourth-order valence-corrected chi connectivity index (χ4v) is 1.83. The van der Waals surface area contributed by atoms with Crippen LogP contribution < -0.4 is 16.4 Å². The summed E-state index contributed by atoms with van der Waals surface area (Å²) in [6.07, 6.45) is 0. The summed E-state index contributed by atoms with van der Waals surface area (Å²) < 4.78 is 12.8. The molecule has 2 amide bonds. The second-order valence-corrected chi connectivity index (χ2v) is 4.84. The lowest BCUT2D eigenvalue weighted by Gasteiger charge is -2.09. The fraction of sp³-hybridized carbons (Fsp3) is 0.188. The minimum absolute atomic E-state index is 0.0358. The number of urea groups is 1. The van der Waals surface area contributed by atoms with E-state index in [4.69, 9.17) is 5.73 Å². The molecule has 2 aromatic rings. The first-order chi connectivity index (χ1) is 10.0. The maximum atomic E-state index is 12.8. The summed E-state index contributed by atoms with van der Waals surface area (Å²) in [5, 5.41) is 5.43. The monoisotopic (exact) mass is 287 g/mol. The Kier molecular flexibility index (Phi) is 4.90. The maximum absolute atomic E-state index is 12.8. The molecule has 1 atom stereocenters. The minimum Gasteiger partial charge on any atom is -0.334 e. The standard InChI is InChI=1S/C16H18FN3O/c1-11(18)13-4-8-15(9-5-13)20-16(21)19-10-12-2-6-14(17)7-3-12/h2-9,11H,10,18H2,1H3,(H2,19,20,21)/t11-/m0/s1. The van der Waals surface area contributed by atoms with Gasteiger partial charge in [-0.25, -0.2) is 9.18 Å². The van der Waals surface area contributed by atoms with Crippen molar-refractivity contribution in [3.05, 3.63) is 65.5 Å². The number of hydrogen-bond acceptors (Lipinski definition) is 2. The van der Waals surface area contributed by atoms with E-state index in [9.17, 15) is 9.18 Å². The lowest BCUT2D eigenvalue weighted by Crippen LogP contribution is -2.28. The van der Waals surface area contributed by atoms with Crippen LogP contribution >= 0.6 is 0 Å². The van der Waals surface area contributed by atoms with Gasteiger partial charge in [0.05, 0.1) is 0 Å². The summed E-state index contributed by atoms with van der Waals surface area (Å²) in [6, 6.07) is 13.0. The molecule has 2 aromatic carbocycles. The van der Waals surface area contributed by atoms with Crippen LogP contribution in [0.1, 0.15) is 24.1 Å². The van der Waals surface area contributed by atoms with E-state index in [-0.39, 0.29) is 17.9 Å². The van der Waals surface area contributed by atoms with Crippen LogP contribution in [0.4, 0.5) is 14.9 Å². The molecule has 0 unspecified atom stereocenters. The molecule has 4 nitrogen and oxygen atoms in total. The third kappa shape index (κ3) is 4.57. The van der Waals surface area contributed by atoms with Crippen molar-refractivity contribution in [2.45, 2.75) is 19.5 Å². The van der Waals surface area contributed by atoms with Crippen LogP contribution in [0.3, 0.4) is 0 Å². The van der Waals surface area contributed by atoms with E-state index >= 15 is 0 Å². The predicted molar refractivity (Wildman–Crippen MR) is 81.3 cm³/mol. The van der Waals surface area contributed by atoms with Crippen molar-refractivity contribution < 1.29 is 9.18 Å². The Morgan fingerprint density at radius 3 is 2.33 bits per heavy atom. The minimum atomic E-state index is -0.312. The molecule has 0 radical (unpaired) electrons. The normalized spacial score (nSPS) is 11.8. The van der Waals surface area contributed by atoms with Gasteiger partial charge in [0.25, 0.3) is 0 Å². The molecule has 0 bridgehead atoms. The Hall–Kier alpha value is -2.40. The average molecular weight is 287 g/mol. The molecule has 0 aliphatic rings. The van der Waals surface area contributed by atoms with E-state index in [1.807, 2.05) is 19.1 Å². The van der Waals surface area contributed by atoms with Crippen molar-refractivity contribution >= 4 is 11.7 Å². The zero-order chi connectivity index (χ0) is 15.2. The molecule has 2 rings (SSSR count). The second-order valence-electron chi connectivity index (χ2n) is 4.84. The maximum Gasteiger partial charge on any atom is 0.319 e. The smallest absolute Gasteiger partial charge is 0.319 e. The number of carbonyl (C=O) groups excluding carboxylic acids is 1. The summed E-state index contributed by atoms with van der Waals surface area (Å²) in [7, 11) is 0. The van der Waals surface area contributed by atoms with Crippen molar-refractivity contribution in [2.75, 3.05) is 5.32 Å². The first kappa shape index (κ1) is 15.0. The largest absolute Gasteiger partial charge is 0.334 e. The van der Waals surface area contributed by atoms with E-state index < -0.39 is 0 Å². The molecular formula is C16H18FN3O. The quantitative estimate of drug-likeness (QED) is 0.808. The molecule has 0 saturated carbocycles. The van der Waals surface area contributed by atoms with E-state index in [2.05, 4.69) is 10.6 Å². The highest BCUT2D eigenvalue weighted by Crippen LogP contribution is 2.14. The Balaban J connectivity index is 1.85. The van der Waals surface area contributed by atoms with Gasteiger partial charge in [0.2, 0.25) is 0 Å². The van der Waals surface area contributed by atoms with Crippen molar-refractivity contribution in [2.24, 2.45) is 5.73 Å². The number of rotatable bonds is 4. The van der Waals surface area contributed by atoms with Crippen LogP contribution in [-0.4, -0.2) is 6.03 Å². The van der Waals surface area contributed by atoms with Gasteiger partial charge in [-0.15, -0.1) is 0 Å². The topological polar surface area (TPSA) is 67.1 Å². The van der Waals surface area contributed by atoms with Crippen molar-refractivity contribution in [3.8, 4) is 0 Å². The van der Waals surface area contributed by atoms with Crippen molar-refractivity contribution in [1.82, 2.24) is 5.32 Å². The summed E-state index contributed by atoms with van der Waals surface area (Å²) in [5.74, 6) is -0.294. The fourth-order valence-electron chi connectivity index (χ4n) is 1.83. The number of nitrogens with one attached hydrogen (secondary N) is 2. The van der Waals surface area contributed by atoms with Crippen molar-refractivity contribution in [3.63, 3.8) is 0 Å². The van der Waals surface area contributed by atoms with Crippen LogP contribution in [-0.2, 0) is 6.54 Å². The van der Waals surface area contributed by atoms with Crippen LogP contribution in [0.5, 0.6) is 0 Å². The molecule has 110 valence electrons. The van der Waals surface area contributed by atoms with E-state index in [0.717, 1.165) is 11.1 Å². The van der Waals surface area contributed by atoms with E-state index in [0.29, 0.717) is 12.2 Å². The number of hydrogen-bond donors (Lipinski definition) is 3. The van der Waals surface area contributed by atoms with Gasteiger partial charge in [0.1, 0.15) is 5.82 Å². The first-order valence-electron chi connectivity index (χ1n) is 6.69. The molecule has 4 N–H and O–H groups in total. The number of anilines is 1. The SMILES string of the molecule is C[C@H](N)c1ccc(NC(=O)NCc2ccc(F)cc2)cc1. The molecule has 0 aromatic heterocycles. The Bertz CT molecular complexity index is 594. The number of halogens is 1. The van der Waals surface area contributed by atoms with Crippen LogP contribution in [0, 0.1) is 5.82 Å². The third-order valence-electron chi connectivity index (χ3n) is 3.06. The highest BCUT2D eigenvalue weighted by atomic mass is 19.1. The molecule has 0 saturated heterocycles. The van der Waals surface area contributed by atoms with Gasteiger partial charge in [0, 0.05) is 18.3 Å². The average Bonchev–Trinajstić information content (AvgIpc) is 2.47. The van der Waals surface area contributed by atoms with Crippen LogP contribution in [0.25, 0.3) is 0 Å². The molecule has 0 aliphatic carbocycles. The lowest BCUT2D eigenvalue weighted by atomic mass is 10.1. The molecule has 5 heteroatoms. The van der Waals surface area contributed by atoms with Gasteiger partial charge < -0.3 is 16.4 Å². The van der Waals surface area contributed by atoms with Gasteiger partial charge in [-0.2, -0.15) is 0 Å². The zero-order valence-corrected chi connectivity index (χ0v) is 11.8. The van der Waals surface area contributed by atoms with Gasteiger partial charge >= 0.3 is 6.03 Å². The second kappa shape index (κ2) is 6.85. The van der Waals surface area contributed by atoms with Gasteiger partial charge in [-0.3, -0.25) is 0 Å². The molecule has 0 fully saturated rings. The Labute approximate surface area is 123 Å². The van der Waals surface area contributed by atoms with E-state index in [1.165, 1.54) is 12.1 Å². The summed E-state index contributed by atoms with van der Waals surface area (Å²) in [5.41, 5.74) is 8.29. The van der Waals surface area contributed by atoms with Gasteiger partial charge in [-0.05, 0) is 42.3 Å². The summed E-state index contributed by atoms with van der Waals surface area (Å²) in [6.45, 7) is 2.24. The number of benzene rings is 2. The molecular weight excluding hydrogens is 269 g/mol. The Morgan fingerprint density at radius 1 is 1.14 bits per heavy atom. The van der Waals surface area contributed by atoms with Gasteiger partial charge in [0.15, 0.2) is 0 Å². The third-order valence-corrected chi connectivity index (χ3v) is 3.06. The predicted octanol–water partition coefficient (Wildman–Crippen LogP) is 3.17. The Morgan fingerprint density at radius 2 is 1.76 bits per heavy atom.